The van der Waals surface area contributed by atoms with Crippen LogP contribution in [0.4, 0.5) is 0 Å². The Labute approximate surface area is 237 Å². The van der Waals surface area contributed by atoms with Gasteiger partial charge in [0.25, 0.3) is 0 Å². The lowest BCUT2D eigenvalue weighted by Crippen LogP contribution is -2.60. The fourth-order valence-corrected chi connectivity index (χ4v) is 4.36. The van der Waals surface area contributed by atoms with E-state index in [0.29, 0.717) is 0 Å². The molecule has 2 heterocycles. The molecule has 42 heavy (non-hydrogen) atoms. The molecule has 0 radical (unpaired) electrons. The van der Waals surface area contributed by atoms with Crippen molar-refractivity contribution >= 4 is 23.0 Å². The lowest BCUT2D eigenvalue weighted by atomic mass is 9.99. The van der Waals surface area contributed by atoms with Crippen LogP contribution in [0.3, 0.4) is 0 Å². The first-order chi connectivity index (χ1) is 20.1. The topological polar surface area (TPSA) is 196 Å². The van der Waals surface area contributed by atoms with Crippen LogP contribution >= 0.6 is 0 Å². The highest BCUT2D eigenvalue weighted by atomic mass is 16.7. The van der Waals surface area contributed by atoms with Crippen LogP contribution in [0.25, 0.3) is 28.4 Å². The van der Waals surface area contributed by atoms with Crippen molar-refractivity contribution in [3.8, 4) is 34.3 Å². The number of aromatic hydroxyl groups is 3. The van der Waals surface area contributed by atoms with Crippen molar-refractivity contribution in [3.63, 3.8) is 0 Å². The highest BCUT2D eigenvalue weighted by Crippen LogP contribution is 2.35. The van der Waals surface area contributed by atoms with Crippen LogP contribution in [-0.4, -0.2) is 73.9 Å². The molecule has 218 valence electrons. The van der Waals surface area contributed by atoms with Gasteiger partial charge in [-0.2, -0.15) is 0 Å². The van der Waals surface area contributed by atoms with E-state index in [-0.39, 0.29) is 33.8 Å². The number of phenols is 3. The summed E-state index contributed by atoms with van der Waals surface area (Å²) in [4.78, 5) is 24.9. The first-order valence-corrected chi connectivity index (χ1v) is 12.7. The summed E-state index contributed by atoms with van der Waals surface area (Å²) in [6.45, 7) is -0.483. The van der Waals surface area contributed by atoms with E-state index >= 15 is 0 Å². The number of phenolic OH excluding ortho intramolecular Hbond substituents is 3. The molecule has 1 aliphatic heterocycles. The molecule has 12 heteroatoms. The number of hydrogen-bond donors (Lipinski definition) is 6. The van der Waals surface area contributed by atoms with Crippen LogP contribution in [0.2, 0.25) is 0 Å². The average molecular weight is 579 g/mol. The maximum atomic E-state index is 12.7. The Bertz CT molecular complexity index is 1680. The first-order valence-electron chi connectivity index (χ1n) is 12.7. The zero-order chi connectivity index (χ0) is 30.0. The van der Waals surface area contributed by atoms with Crippen LogP contribution in [0.1, 0.15) is 5.56 Å². The van der Waals surface area contributed by atoms with Gasteiger partial charge in [0.2, 0.25) is 6.29 Å². The molecule has 1 fully saturated rings. The molecule has 0 amide bonds. The Morgan fingerprint density at radius 1 is 0.857 bits per heavy atom. The quantitative estimate of drug-likeness (QED) is 0.106. The van der Waals surface area contributed by atoms with Gasteiger partial charge in [-0.05, 0) is 29.8 Å². The summed E-state index contributed by atoms with van der Waals surface area (Å²) in [5.74, 6) is -2.19. The average Bonchev–Trinajstić information content (AvgIpc) is 2.97. The Balaban J connectivity index is 1.34. The largest absolute Gasteiger partial charge is 0.507 e. The highest BCUT2D eigenvalue weighted by molar-refractivity contribution is 5.87. The van der Waals surface area contributed by atoms with E-state index in [1.165, 1.54) is 36.4 Å². The number of ether oxygens (including phenoxy) is 3. The second-order valence-corrected chi connectivity index (χ2v) is 9.50. The summed E-state index contributed by atoms with van der Waals surface area (Å²) in [5, 5.41) is 61.0. The van der Waals surface area contributed by atoms with Crippen molar-refractivity contribution in [2.24, 2.45) is 0 Å². The summed E-state index contributed by atoms with van der Waals surface area (Å²) in [7, 11) is 0. The minimum absolute atomic E-state index is 0.00930. The number of carbonyl (C=O) groups excluding carboxylic acids is 1. The van der Waals surface area contributed by atoms with Crippen molar-refractivity contribution in [1.29, 1.82) is 0 Å². The predicted molar refractivity (Wildman–Crippen MR) is 147 cm³/mol. The van der Waals surface area contributed by atoms with Gasteiger partial charge in [0.15, 0.2) is 16.9 Å². The number of hydrogen-bond acceptors (Lipinski definition) is 12. The van der Waals surface area contributed by atoms with Crippen LogP contribution < -0.4 is 10.2 Å². The van der Waals surface area contributed by atoms with Crippen LogP contribution in [-0.2, 0) is 14.3 Å². The van der Waals surface area contributed by atoms with Gasteiger partial charge in [0, 0.05) is 29.8 Å². The number of rotatable bonds is 7. The Kier molecular flexibility index (Phi) is 8.13. The maximum absolute atomic E-state index is 12.7. The number of aliphatic hydroxyl groups is 3. The van der Waals surface area contributed by atoms with Crippen LogP contribution in [0, 0.1) is 0 Å². The highest BCUT2D eigenvalue weighted by Gasteiger charge is 2.45. The Hall–Kier alpha value is -4.88. The van der Waals surface area contributed by atoms with E-state index in [2.05, 4.69) is 0 Å². The molecular formula is C30H26O12. The molecule has 5 rings (SSSR count). The minimum Gasteiger partial charge on any atom is -0.507 e. The molecule has 0 bridgehead atoms. The minimum atomic E-state index is -1.75. The monoisotopic (exact) mass is 578 g/mol. The predicted octanol–water partition coefficient (Wildman–Crippen LogP) is 2.02. The maximum Gasteiger partial charge on any atom is 0.330 e. The van der Waals surface area contributed by atoms with Crippen molar-refractivity contribution in [1.82, 2.24) is 0 Å². The van der Waals surface area contributed by atoms with Gasteiger partial charge in [-0.3, -0.25) is 4.79 Å². The lowest BCUT2D eigenvalue weighted by molar-refractivity contribution is -0.278. The molecule has 12 nitrogen and oxygen atoms in total. The van der Waals surface area contributed by atoms with E-state index in [1.807, 2.05) is 6.07 Å². The summed E-state index contributed by atoms with van der Waals surface area (Å²) >= 11 is 0. The smallest absolute Gasteiger partial charge is 0.330 e. The van der Waals surface area contributed by atoms with E-state index in [9.17, 15) is 40.2 Å². The van der Waals surface area contributed by atoms with Crippen LogP contribution in [0.5, 0.6) is 23.0 Å². The second-order valence-electron chi connectivity index (χ2n) is 9.50. The standard InChI is InChI=1S/C30H26O12/c31-18-8-7-16(10-19(18)32)22-13-21(34)26-20(33)11-17(12-23(26)41-22)40-30-29(38)28(37)27(36)24(42-30)14-39-25(35)9-6-15-4-2-1-3-5-15/h1-13,24,27-33,36-38H,14H2/b9-6+/t24-,27-,28+,29-,30-/m1/s1. The molecule has 4 aromatic rings. The van der Waals surface area contributed by atoms with Gasteiger partial charge in [-0.1, -0.05) is 30.3 Å². The molecule has 0 saturated carbocycles. The van der Waals surface area contributed by atoms with E-state index in [1.54, 1.807) is 24.3 Å². The third-order valence-electron chi connectivity index (χ3n) is 6.57. The Morgan fingerprint density at radius 3 is 2.36 bits per heavy atom. The van der Waals surface area contributed by atoms with Crippen molar-refractivity contribution < 1.29 is 54.1 Å². The number of aliphatic hydroxyl groups excluding tert-OH is 3. The summed E-state index contributed by atoms with van der Waals surface area (Å²) in [6, 6.07) is 16.2. The zero-order valence-electron chi connectivity index (χ0n) is 21.7. The van der Waals surface area contributed by atoms with Crippen molar-refractivity contribution in [3.05, 3.63) is 88.6 Å². The molecule has 1 aliphatic rings. The van der Waals surface area contributed by atoms with Crippen molar-refractivity contribution in [2.45, 2.75) is 30.7 Å². The third-order valence-corrected chi connectivity index (χ3v) is 6.57. The molecule has 0 unspecified atom stereocenters. The number of benzene rings is 3. The molecule has 0 spiro atoms. The molecule has 3 aromatic carbocycles. The normalized spacial score (nSPS) is 22.3. The van der Waals surface area contributed by atoms with Gasteiger partial charge in [-0.25, -0.2) is 4.79 Å². The fourth-order valence-electron chi connectivity index (χ4n) is 4.36. The fraction of sp³-hybridized carbons (Fsp3) is 0.200. The van der Waals surface area contributed by atoms with Gasteiger partial charge in [0.1, 0.15) is 59.3 Å². The number of esters is 1. The zero-order valence-corrected chi connectivity index (χ0v) is 21.7. The molecule has 1 saturated heterocycles. The lowest BCUT2D eigenvalue weighted by Gasteiger charge is -2.39. The third kappa shape index (κ3) is 6.06. The van der Waals surface area contributed by atoms with Gasteiger partial charge < -0.3 is 49.3 Å². The summed E-state index contributed by atoms with van der Waals surface area (Å²) < 4.78 is 22.1. The van der Waals surface area contributed by atoms with E-state index in [4.69, 9.17) is 18.6 Å². The summed E-state index contributed by atoms with van der Waals surface area (Å²) in [5.41, 5.74) is 0.285. The first kappa shape index (κ1) is 28.6. The van der Waals surface area contributed by atoms with Gasteiger partial charge >= 0.3 is 5.97 Å². The summed E-state index contributed by atoms with van der Waals surface area (Å²) in [6.07, 6.45) is -5.28. The number of fused-ring (bicyclic) bond motifs is 1. The van der Waals surface area contributed by atoms with E-state index < -0.39 is 60.2 Å². The van der Waals surface area contributed by atoms with Gasteiger partial charge in [0.05, 0.1) is 0 Å². The Morgan fingerprint density at radius 2 is 1.62 bits per heavy atom. The molecule has 1 aromatic heterocycles. The van der Waals surface area contributed by atoms with Gasteiger partial charge in [-0.15, -0.1) is 0 Å². The number of carbonyl (C=O) groups is 1. The molecule has 0 aliphatic carbocycles. The molecule has 6 N–H and O–H groups in total. The SMILES string of the molecule is O=C(/C=C/c1ccccc1)OC[C@H]1O[C@@H](Oc2cc(O)c3c(=O)cc(-c4ccc(O)c(O)c4)oc3c2)[C@H](O)[C@@H](O)[C@@H]1O. The van der Waals surface area contributed by atoms with Crippen molar-refractivity contribution in [2.75, 3.05) is 6.61 Å². The van der Waals surface area contributed by atoms with E-state index in [0.717, 1.165) is 17.7 Å². The molecular weight excluding hydrogens is 552 g/mol. The van der Waals surface area contributed by atoms with Crippen LogP contribution in [0.15, 0.2) is 82.0 Å². The molecule has 5 atom stereocenters. The second kappa shape index (κ2) is 11.9.